The molecule has 1 aromatic carbocycles. The smallest absolute Gasteiger partial charge is 0.410 e. The molecule has 1 aliphatic heterocycles. The lowest BCUT2D eigenvalue weighted by atomic mass is 9.95. The third kappa shape index (κ3) is 7.37. The summed E-state index contributed by atoms with van der Waals surface area (Å²) in [5.74, 6) is -0.0483. The Bertz CT molecular complexity index is 850. The average Bonchev–Trinajstić information content (AvgIpc) is 2.77. The van der Waals surface area contributed by atoms with Gasteiger partial charge in [0.2, 0.25) is 5.91 Å². The summed E-state index contributed by atoms with van der Waals surface area (Å²) in [5, 5.41) is 6.34. The monoisotopic (exact) mass is 458 g/mol. The summed E-state index contributed by atoms with van der Waals surface area (Å²) in [6.45, 7) is 9.52. The predicted octanol–water partition coefficient (Wildman–Crippen LogP) is 3.55. The van der Waals surface area contributed by atoms with Gasteiger partial charge in [-0.05, 0) is 64.3 Å². The maximum absolute atomic E-state index is 12.6. The van der Waals surface area contributed by atoms with Crippen LogP contribution in [0.4, 0.5) is 10.5 Å². The Morgan fingerprint density at radius 3 is 2.24 bits per heavy atom. The fourth-order valence-electron chi connectivity index (χ4n) is 4.27. The van der Waals surface area contributed by atoms with Gasteiger partial charge in [-0.2, -0.15) is 0 Å². The molecule has 3 amide bonds. The molecule has 2 aliphatic rings. The molecule has 182 valence electrons. The Morgan fingerprint density at radius 1 is 1.00 bits per heavy atom. The van der Waals surface area contributed by atoms with Gasteiger partial charge in [-0.15, -0.1) is 0 Å². The summed E-state index contributed by atoms with van der Waals surface area (Å²) in [7, 11) is 0. The lowest BCUT2D eigenvalue weighted by Gasteiger charge is -2.35. The van der Waals surface area contributed by atoms with E-state index in [1.54, 1.807) is 15.9 Å². The molecule has 0 atom stereocenters. The molecule has 0 bridgehead atoms. The lowest BCUT2D eigenvalue weighted by Crippen LogP contribution is -2.52. The molecule has 1 aromatic rings. The van der Waals surface area contributed by atoms with Crippen molar-refractivity contribution < 1.29 is 19.1 Å². The number of nitrogens with one attached hydrogen (secondary N) is 2. The molecule has 8 heteroatoms. The predicted molar refractivity (Wildman–Crippen MR) is 128 cm³/mol. The van der Waals surface area contributed by atoms with Gasteiger partial charge >= 0.3 is 6.09 Å². The number of ether oxygens (including phenoxy) is 1. The molecule has 33 heavy (non-hydrogen) atoms. The van der Waals surface area contributed by atoms with E-state index < -0.39 is 5.60 Å². The molecule has 3 rings (SSSR count). The molecule has 0 aromatic heterocycles. The molecule has 8 nitrogen and oxygen atoms in total. The Hall–Kier alpha value is -2.77. The van der Waals surface area contributed by atoms with Crippen LogP contribution in [0, 0.1) is 6.92 Å². The number of rotatable bonds is 5. The maximum Gasteiger partial charge on any atom is 0.410 e. The van der Waals surface area contributed by atoms with E-state index >= 15 is 0 Å². The van der Waals surface area contributed by atoms with E-state index in [4.69, 9.17) is 4.74 Å². The zero-order chi connectivity index (χ0) is 24.0. The highest BCUT2D eigenvalue weighted by molar-refractivity contribution is 5.95. The summed E-state index contributed by atoms with van der Waals surface area (Å²) in [6.07, 6.45) is 5.38. The van der Waals surface area contributed by atoms with Crippen molar-refractivity contribution in [3.8, 4) is 0 Å². The lowest BCUT2D eigenvalue weighted by molar-refractivity contribution is -0.131. The van der Waals surface area contributed by atoms with Crippen LogP contribution in [0.1, 0.15) is 68.8 Å². The number of anilines is 1. The molecule has 0 radical (unpaired) electrons. The zero-order valence-electron chi connectivity index (χ0n) is 20.4. The highest BCUT2D eigenvalue weighted by atomic mass is 16.6. The van der Waals surface area contributed by atoms with Crippen LogP contribution in [0.5, 0.6) is 0 Å². The number of amides is 3. The maximum atomic E-state index is 12.6. The molecule has 1 heterocycles. The third-order valence-corrected chi connectivity index (χ3v) is 6.14. The minimum Gasteiger partial charge on any atom is -0.444 e. The van der Waals surface area contributed by atoms with Crippen molar-refractivity contribution in [3.63, 3.8) is 0 Å². The van der Waals surface area contributed by atoms with E-state index in [0.29, 0.717) is 31.7 Å². The van der Waals surface area contributed by atoms with Gasteiger partial charge in [-0.25, -0.2) is 4.79 Å². The molecule has 1 saturated heterocycles. The van der Waals surface area contributed by atoms with Crippen molar-refractivity contribution >= 4 is 23.6 Å². The molecule has 0 unspecified atom stereocenters. The van der Waals surface area contributed by atoms with Crippen molar-refractivity contribution in [2.24, 2.45) is 0 Å². The second-order valence-electron chi connectivity index (χ2n) is 10.0. The van der Waals surface area contributed by atoms with Crippen molar-refractivity contribution in [2.75, 3.05) is 38.0 Å². The number of hydrogen-bond donors (Lipinski definition) is 2. The summed E-state index contributed by atoms with van der Waals surface area (Å²) >= 11 is 0. The molecule has 2 fully saturated rings. The highest BCUT2D eigenvalue weighted by Gasteiger charge is 2.27. The fraction of sp³-hybridized carbons (Fsp3) is 0.640. The minimum absolute atomic E-state index is 0.0163. The van der Waals surface area contributed by atoms with Gasteiger partial charge in [0.1, 0.15) is 5.60 Å². The number of benzene rings is 1. The Labute approximate surface area is 197 Å². The Kier molecular flexibility index (Phi) is 8.21. The van der Waals surface area contributed by atoms with Crippen molar-refractivity contribution in [1.82, 2.24) is 15.1 Å². The second kappa shape index (κ2) is 10.9. The van der Waals surface area contributed by atoms with Crippen LogP contribution in [0.2, 0.25) is 0 Å². The van der Waals surface area contributed by atoms with E-state index in [1.165, 1.54) is 19.3 Å². The Morgan fingerprint density at radius 2 is 1.64 bits per heavy atom. The first kappa shape index (κ1) is 24.9. The zero-order valence-corrected chi connectivity index (χ0v) is 20.4. The average molecular weight is 459 g/mol. The first-order chi connectivity index (χ1) is 15.6. The van der Waals surface area contributed by atoms with Crippen molar-refractivity contribution in [2.45, 2.75) is 71.4 Å². The minimum atomic E-state index is -0.530. The van der Waals surface area contributed by atoms with Crippen LogP contribution in [0.25, 0.3) is 0 Å². The van der Waals surface area contributed by atoms with Crippen LogP contribution in [-0.4, -0.2) is 72.1 Å². The van der Waals surface area contributed by atoms with Gasteiger partial charge in [-0.1, -0.05) is 19.3 Å². The SMILES string of the molecule is Cc1cc(C(=O)NC2CCCCC2)ccc1NCC(=O)N1CCN(C(=O)OC(C)(C)C)CC1. The van der Waals surface area contributed by atoms with E-state index in [-0.39, 0.29) is 30.5 Å². The summed E-state index contributed by atoms with van der Waals surface area (Å²) in [5.41, 5.74) is 1.88. The normalized spacial score (nSPS) is 17.5. The first-order valence-electron chi connectivity index (χ1n) is 12.0. The molecular formula is C25H38N4O4. The first-order valence-corrected chi connectivity index (χ1v) is 12.0. The van der Waals surface area contributed by atoms with Crippen LogP contribution in [0.3, 0.4) is 0 Å². The largest absolute Gasteiger partial charge is 0.444 e. The standard InChI is InChI=1S/C25H38N4O4/c1-18-16-19(23(31)27-20-8-6-5-7-9-20)10-11-21(18)26-17-22(30)28-12-14-29(15-13-28)24(32)33-25(2,3)4/h10-11,16,20,26H,5-9,12-15,17H2,1-4H3,(H,27,31). The van der Waals surface area contributed by atoms with Crippen LogP contribution in [0.15, 0.2) is 18.2 Å². The van der Waals surface area contributed by atoms with Gasteiger partial charge in [0.15, 0.2) is 0 Å². The van der Waals surface area contributed by atoms with E-state index in [9.17, 15) is 14.4 Å². The molecular weight excluding hydrogens is 420 g/mol. The van der Waals surface area contributed by atoms with Gasteiger partial charge in [0.25, 0.3) is 5.91 Å². The van der Waals surface area contributed by atoms with Gasteiger partial charge in [0.05, 0.1) is 6.54 Å². The van der Waals surface area contributed by atoms with Gasteiger partial charge < -0.3 is 25.2 Å². The number of carbonyl (C=O) groups excluding carboxylic acids is 3. The molecule has 0 spiro atoms. The van der Waals surface area contributed by atoms with Crippen molar-refractivity contribution in [3.05, 3.63) is 29.3 Å². The van der Waals surface area contributed by atoms with E-state index in [1.807, 2.05) is 39.8 Å². The number of hydrogen-bond acceptors (Lipinski definition) is 5. The van der Waals surface area contributed by atoms with E-state index in [2.05, 4.69) is 10.6 Å². The fourth-order valence-corrected chi connectivity index (χ4v) is 4.27. The Balaban J connectivity index is 1.45. The van der Waals surface area contributed by atoms with E-state index in [0.717, 1.165) is 24.1 Å². The number of carbonyl (C=O) groups is 3. The summed E-state index contributed by atoms with van der Waals surface area (Å²) in [4.78, 5) is 40.8. The number of piperazine rings is 1. The summed E-state index contributed by atoms with van der Waals surface area (Å²) < 4.78 is 5.40. The third-order valence-electron chi connectivity index (χ3n) is 6.14. The topological polar surface area (TPSA) is 91.0 Å². The molecule has 2 N–H and O–H groups in total. The highest BCUT2D eigenvalue weighted by Crippen LogP contribution is 2.20. The second-order valence-corrected chi connectivity index (χ2v) is 10.0. The van der Waals surface area contributed by atoms with Crippen LogP contribution >= 0.6 is 0 Å². The molecule has 1 aliphatic carbocycles. The van der Waals surface area contributed by atoms with Crippen LogP contribution in [-0.2, 0) is 9.53 Å². The van der Waals surface area contributed by atoms with Crippen LogP contribution < -0.4 is 10.6 Å². The molecule has 1 saturated carbocycles. The number of nitrogens with zero attached hydrogens (tertiary/aromatic N) is 2. The number of aryl methyl sites for hydroxylation is 1. The van der Waals surface area contributed by atoms with Gasteiger partial charge in [0, 0.05) is 43.5 Å². The van der Waals surface area contributed by atoms with Gasteiger partial charge in [-0.3, -0.25) is 9.59 Å². The quantitative estimate of drug-likeness (QED) is 0.704. The van der Waals surface area contributed by atoms with Crippen molar-refractivity contribution in [1.29, 1.82) is 0 Å². The summed E-state index contributed by atoms with van der Waals surface area (Å²) in [6, 6.07) is 5.80.